The van der Waals surface area contributed by atoms with Gasteiger partial charge in [-0.2, -0.15) is 0 Å². The third-order valence-corrected chi connectivity index (χ3v) is 9.66. The molecule has 9 aromatic rings. The molecule has 0 radical (unpaired) electrons. The van der Waals surface area contributed by atoms with Gasteiger partial charge in [-0.15, -0.1) is 0 Å². The number of hydrogen-bond donors (Lipinski definition) is 0. The fourth-order valence-electron chi connectivity index (χ4n) is 7.01. The van der Waals surface area contributed by atoms with Gasteiger partial charge in [-0.25, -0.2) is 9.97 Å². The zero-order valence-corrected chi connectivity index (χ0v) is 28.5. The Kier molecular flexibility index (Phi) is 8.24. The van der Waals surface area contributed by atoms with E-state index < -0.39 is 0 Å². The van der Waals surface area contributed by atoms with Gasteiger partial charge in [-0.05, 0) is 92.0 Å². The molecule has 0 unspecified atom stereocenters. The van der Waals surface area contributed by atoms with Gasteiger partial charge in [0, 0.05) is 16.5 Å². The first kappa shape index (κ1) is 31.1. The Hall–Kier alpha value is -6.90. The van der Waals surface area contributed by atoms with Crippen LogP contribution in [0.15, 0.2) is 206 Å². The van der Waals surface area contributed by atoms with Crippen molar-refractivity contribution in [1.29, 1.82) is 0 Å². The summed E-state index contributed by atoms with van der Waals surface area (Å²) in [7, 11) is 0. The van der Waals surface area contributed by atoms with Gasteiger partial charge in [0.2, 0.25) is 0 Å². The molecule has 0 saturated heterocycles. The van der Waals surface area contributed by atoms with Gasteiger partial charge in [-0.1, -0.05) is 170 Å². The quantitative estimate of drug-likeness (QED) is 0.170. The summed E-state index contributed by atoms with van der Waals surface area (Å²) in [6.45, 7) is 0. The zero-order valence-electron chi connectivity index (χ0n) is 28.5. The van der Waals surface area contributed by atoms with E-state index in [4.69, 9.17) is 9.97 Å². The van der Waals surface area contributed by atoms with E-state index in [-0.39, 0.29) is 0 Å². The maximum atomic E-state index is 5.23. The minimum Gasteiger partial charge on any atom is -0.228 e. The summed E-state index contributed by atoms with van der Waals surface area (Å²) in [5.74, 6) is 0.716. The van der Waals surface area contributed by atoms with Crippen LogP contribution in [0, 0.1) is 0 Å². The third kappa shape index (κ3) is 6.30. The molecule has 0 saturated carbocycles. The standard InChI is InChI=1S/C50H34N2/c1-3-14-35(15-4-1)37-18-9-20-39(30-37)40-21-10-22-41(31-40)42-23-11-24-43(32-42)44-25-12-26-45(33-44)49-47-28-7-8-29-48(47)51-50(52-49)46-27-13-19-38(34-46)36-16-5-2-6-17-36/h1-34H. The average Bonchev–Trinajstić information content (AvgIpc) is 3.24. The Balaban J connectivity index is 1.07. The summed E-state index contributed by atoms with van der Waals surface area (Å²) in [5.41, 5.74) is 15.7. The van der Waals surface area contributed by atoms with Crippen molar-refractivity contribution < 1.29 is 0 Å². The van der Waals surface area contributed by atoms with Crippen molar-refractivity contribution in [1.82, 2.24) is 9.97 Å². The lowest BCUT2D eigenvalue weighted by atomic mass is 9.94. The van der Waals surface area contributed by atoms with Gasteiger partial charge < -0.3 is 0 Å². The van der Waals surface area contributed by atoms with Crippen molar-refractivity contribution in [2.24, 2.45) is 0 Å². The van der Waals surface area contributed by atoms with Crippen LogP contribution in [0.25, 0.3) is 89.2 Å². The third-order valence-electron chi connectivity index (χ3n) is 9.66. The minimum absolute atomic E-state index is 0.716. The van der Waals surface area contributed by atoms with Gasteiger partial charge in [-0.3, -0.25) is 0 Å². The number of nitrogens with zero attached hydrogens (tertiary/aromatic N) is 2. The lowest BCUT2D eigenvalue weighted by Gasteiger charge is -2.12. The number of benzene rings is 8. The van der Waals surface area contributed by atoms with E-state index in [1.165, 1.54) is 38.9 Å². The normalized spacial score (nSPS) is 11.1. The summed E-state index contributed by atoms with van der Waals surface area (Å²) in [6, 6.07) is 72.9. The lowest BCUT2D eigenvalue weighted by molar-refractivity contribution is 1.23. The fourth-order valence-corrected chi connectivity index (χ4v) is 7.01. The van der Waals surface area contributed by atoms with Crippen LogP contribution in [0.1, 0.15) is 0 Å². The van der Waals surface area contributed by atoms with Gasteiger partial charge in [0.1, 0.15) is 0 Å². The number of fused-ring (bicyclic) bond motifs is 1. The van der Waals surface area contributed by atoms with E-state index in [1.54, 1.807) is 0 Å². The van der Waals surface area contributed by atoms with Crippen molar-refractivity contribution >= 4 is 10.9 Å². The van der Waals surface area contributed by atoms with Crippen molar-refractivity contribution in [3.63, 3.8) is 0 Å². The van der Waals surface area contributed by atoms with Gasteiger partial charge in [0.05, 0.1) is 11.2 Å². The Morgan fingerprint density at radius 2 is 0.558 bits per heavy atom. The molecule has 0 atom stereocenters. The first-order valence-corrected chi connectivity index (χ1v) is 17.6. The highest BCUT2D eigenvalue weighted by Gasteiger charge is 2.14. The molecule has 9 rings (SSSR count). The molecular weight excluding hydrogens is 629 g/mol. The maximum absolute atomic E-state index is 5.23. The molecule has 0 aliphatic carbocycles. The van der Waals surface area contributed by atoms with Crippen LogP contribution in [0.2, 0.25) is 0 Å². The Morgan fingerprint density at radius 3 is 1.04 bits per heavy atom. The van der Waals surface area contributed by atoms with Crippen molar-refractivity contribution in [2.45, 2.75) is 0 Å². The molecular formula is C50H34N2. The summed E-state index contributed by atoms with van der Waals surface area (Å²) in [4.78, 5) is 10.3. The fraction of sp³-hybridized carbons (Fsp3) is 0. The molecule has 244 valence electrons. The molecule has 1 heterocycles. The highest BCUT2D eigenvalue weighted by atomic mass is 14.9. The Labute approximate surface area is 304 Å². The molecule has 0 bridgehead atoms. The van der Waals surface area contributed by atoms with E-state index in [1.807, 2.05) is 12.1 Å². The predicted molar refractivity (Wildman–Crippen MR) is 218 cm³/mol. The molecule has 2 nitrogen and oxygen atoms in total. The molecule has 0 fully saturated rings. The largest absolute Gasteiger partial charge is 0.228 e. The molecule has 0 spiro atoms. The number of para-hydroxylation sites is 1. The molecule has 0 amide bonds. The smallest absolute Gasteiger partial charge is 0.160 e. The number of aromatic nitrogens is 2. The average molecular weight is 663 g/mol. The van der Waals surface area contributed by atoms with Gasteiger partial charge >= 0.3 is 0 Å². The van der Waals surface area contributed by atoms with Crippen LogP contribution in [0.4, 0.5) is 0 Å². The molecule has 0 aliphatic rings. The Morgan fingerprint density at radius 1 is 0.231 bits per heavy atom. The molecule has 1 aromatic heterocycles. The molecule has 2 heteroatoms. The predicted octanol–water partition coefficient (Wildman–Crippen LogP) is 13.3. The zero-order chi connectivity index (χ0) is 34.7. The summed E-state index contributed by atoms with van der Waals surface area (Å²) >= 11 is 0. The summed E-state index contributed by atoms with van der Waals surface area (Å²) in [5, 5.41) is 1.03. The highest BCUT2D eigenvalue weighted by molar-refractivity contribution is 5.94. The summed E-state index contributed by atoms with van der Waals surface area (Å²) < 4.78 is 0. The second-order valence-corrected chi connectivity index (χ2v) is 13.0. The second kappa shape index (κ2) is 13.8. The van der Waals surface area contributed by atoms with E-state index in [2.05, 4.69) is 194 Å². The van der Waals surface area contributed by atoms with Gasteiger partial charge in [0.25, 0.3) is 0 Å². The number of rotatable bonds is 7. The molecule has 8 aromatic carbocycles. The van der Waals surface area contributed by atoms with Crippen LogP contribution >= 0.6 is 0 Å². The topological polar surface area (TPSA) is 25.8 Å². The number of hydrogen-bond acceptors (Lipinski definition) is 2. The monoisotopic (exact) mass is 662 g/mol. The maximum Gasteiger partial charge on any atom is 0.160 e. The first-order chi connectivity index (χ1) is 25.7. The lowest BCUT2D eigenvalue weighted by Crippen LogP contribution is -1.95. The van der Waals surface area contributed by atoms with Crippen LogP contribution < -0.4 is 0 Å². The first-order valence-electron chi connectivity index (χ1n) is 17.6. The van der Waals surface area contributed by atoms with Crippen LogP contribution in [-0.2, 0) is 0 Å². The van der Waals surface area contributed by atoms with E-state index in [9.17, 15) is 0 Å². The Bertz CT molecular complexity index is 2680. The SMILES string of the molecule is c1ccc(-c2cccc(-c3cccc(-c4cccc(-c5cccc(-c6nc(-c7cccc(-c8ccccc8)c7)nc7ccccc67)c5)c4)c3)c2)cc1. The highest BCUT2D eigenvalue weighted by Crippen LogP contribution is 2.35. The van der Waals surface area contributed by atoms with E-state index in [0.717, 1.165) is 44.4 Å². The van der Waals surface area contributed by atoms with E-state index in [0.29, 0.717) is 5.82 Å². The minimum atomic E-state index is 0.716. The molecule has 0 aliphatic heterocycles. The van der Waals surface area contributed by atoms with Crippen molar-refractivity contribution in [2.75, 3.05) is 0 Å². The second-order valence-electron chi connectivity index (χ2n) is 13.0. The van der Waals surface area contributed by atoms with Crippen LogP contribution in [-0.4, -0.2) is 9.97 Å². The molecule has 0 N–H and O–H groups in total. The summed E-state index contributed by atoms with van der Waals surface area (Å²) in [6.07, 6.45) is 0. The van der Waals surface area contributed by atoms with Gasteiger partial charge in [0.15, 0.2) is 5.82 Å². The van der Waals surface area contributed by atoms with Crippen LogP contribution in [0.5, 0.6) is 0 Å². The molecule has 52 heavy (non-hydrogen) atoms. The van der Waals surface area contributed by atoms with Crippen LogP contribution in [0.3, 0.4) is 0 Å². The van der Waals surface area contributed by atoms with E-state index >= 15 is 0 Å². The van der Waals surface area contributed by atoms with Crippen molar-refractivity contribution in [3.05, 3.63) is 206 Å². The van der Waals surface area contributed by atoms with Crippen molar-refractivity contribution in [3.8, 4) is 78.3 Å².